The molecule has 0 N–H and O–H groups in total. The monoisotopic (exact) mass is 353 g/mol. The third-order valence-electron chi connectivity index (χ3n) is 4.58. The molecule has 1 fully saturated rings. The number of carbonyl (C=O) groups is 1. The van der Waals surface area contributed by atoms with E-state index < -0.39 is 0 Å². The van der Waals surface area contributed by atoms with Crippen molar-refractivity contribution in [3.63, 3.8) is 0 Å². The highest BCUT2D eigenvalue weighted by Crippen LogP contribution is 2.30. The van der Waals surface area contributed by atoms with E-state index in [4.69, 9.17) is 0 Å². The molecule has 1 aromatic carbocycles. The van der Waals surface area contributed by atoms with Gasteiger partial charge in [-0.2, -0.15) is 0 Å². The van der Waals surface area contributed by atoms with E-state index in [1.807, 2.05) is 41.3 Å². The minimum atomic E-state index is -0.137. The van der Waals surface area contributed by atoms with Crippen LogP contribution in [0.3, 0.4) is 0 Å². The maximum absolute atomic E-state index is 12.8. The van der Waals surface area contributed by atoms with Gasteiger partial charge in [0, 0.05) is 18.0 Å². The summed E-state index contributed by atoms with van der Waals surface area (Å²) in [6, 6.07) is 11.9. The van der Waals surface area contributed by atoms with Crippen LogP contribution in [0, 0.1) is 0 Å². The summed E-state index contributed by atoms with van der Waals surface area (Å²) in [6.45, 7) is 1.65. The molecule has 5 nitrogen and oxygen atoms in total. The smallest absolute Gasteiger partial charge is 0.271 e. The lowest BCUT2D eigenvalue weighted by Crippen LogP contribution is -2.39. The largest absolute Gasteiger partial charge is 0.341 e. The van der Waals surface area contributed by atoms with Crippen LogP contribution in [0.5, 0.6) is 0 Å². The topological polar surface area (TPSA) is 55.2 Å². The second-order valence-electron chi connectivity index (χ2n) is 6.31. The Hall–Kier alpha value is -2.47. The number of amides is 1. The van der Waals surface area contributed by atoms with Crippen molar-refractivity contribution in [2.24, 2.45) is 0 Å². The number of piperidine rings is 1. The van der Waals surface area contributed by atoms with Gasteiger partial charge in [-0.15, -0.1) is 11.3 Å². The summed E-state index contributed by atoms with van der Waals surface area (Å²) >= 11 is 1.43. The molecule has 3 aromatic rings. The van der Waals surface area contributed by atoms with Gasteiger partial charge in [0.1, 0.15) is 11.2 Å². The summed E-state index contributed by atoms with van der Waals surface area (Å²) in [7, 11) is 0. The van der Waals surface area contributed by atoms with Crippen LogP contribution in [-0.4, -0.2) is 33.4 Å². The first-order chi connectivity index (χ1) is 12.2. The molecule has 0 atom stereocenters. The van der Waals surface area contributed by atoms with Crippen molar-refractivity contribution in [2.45, 2.75) is 25.8 Å². The number of carbonyl (C=O) groups excluding carboxylic acids is 1. The van der Waals surface area contributed by atoms with E-state index in [0.717, 1.165) is 36.4 Å². The van der Waals surface area contributed by atoms with Crippen LogP contribution in [0.1, 0.15) is 19.3 Å². The van der Waals surface area contributed by atoms with Gasteiger partial charge in [-0.1, -0.05) is 30.3 Å². The number of hydrogen-bond donors (Lipinski definition) is 0. The number of hydrogen-bond acceptors (Lipinski definition) is 4. The van der Waals surface area contributed by atoms with Gasteiger partial charge in [-0.25, -0.2) is 4.98 Å². The summed E-state index contributed by atoms with van der Waals surface area (Å²) in [5.74, 6) is 0.00258. The van der Waals surface area contributed by atoms with Crippen molar-refractivity contribution in [3.05, 3.63) is 53.1 Å². The maximum atomic E-state index is 12.8. The summed E-state index contributed by atoms with van der Waals surface area (Å²) in [6.07, 6.45) is 4.76. The van der Waals surface area contributed by atoms with Gasteiger partial charge in [-0.3, -0.25) is 14.2 Å². The van der Waals surface area contributed by atoms with Crippen LogP contribution in [0.4, 0.5) is 0 Å². The number of thiophene rings is 1. The Morgan fingerprint density at radius 2 is 1.88 bits per heavy atom. The van der Waals surface area contributed by atoms with Crippen LogP contribution in [-0.2, 0) is 11.3 Å². The third kappa shape index (κ3) is 3.22. The first kappa shape index (κ1) is 16.0. The van der Waals surface area contributed by atoms with E-state index in [1.165, 1.54) is 28.7 Å². The number of rotatable bonds is 3. The predicted octanol–water partition coefficient (Wildman–Crippen LogP) is 3.14. The van der Waals surface area contributed by atoms with Gasteiger partial charge in [-0.05, 0) is 30.9 Å². The second kappa shape index (κ2) is 6.80. The van der Waals surface area contributed by atoms with Gasteiger partial charge in [0.25, 0.3) is 5.56 Å². The lowest BCUT2D eigenvalue weighted by atomic mass is 10.1. The normalized spacial score (nSPS) is 14.8. The molecule has 128 valence electrons. The highest BCUT2D eigenvalue weighted by molar-refractivity contribution is 7.22. The number of aromatic nitrogens is 2. The molecule has 25 heavy (non-hydrogen) atoms. The molecule has 0 spiro atoms. The molecule has 1 amide bonds. The van der Waals surface area contributed by atoms with Gasteiger partial charge in [0.15, 0.2) is 0 Å². The molecule has 0 saturated carbocycles. The van der Waals surface area contributed by atoms with Crippen molar-refractivity contribution >= 4 is 27.5 Å². The highest BCUT2D eigenvalue weighted by atomic mass is 32.1. The lowest BCUT2D eigenvalue weighted by molar-refractivity contribution is -0.132. The van der Waals surface area contributed by atoms with Gasteiger partial charge < -0.3 is 4.90 Å². The fourth-order valence-electron chi connectivity index (χ4n) is 3.19. The Balaban J connectivity index is 1.63. The first-order valence-electron chi connectivity index (χ1n) is 8.54. The standard InChI is InChI=1S/C19H19N3O2S/c23-17(21-9-5-2-6-10-21)12-22-13-20-15-11-16(25-18(15)19(22)24)14-7-3-1-4-8-14/h1,3-4,7-8,11,13H,2,5-6,9-10,12H2. The van der Waals surface area contributed by atoms with Crippen molar-refractivity contribution in [2.75, 3.05) is 13.1 Å². The molecule has 6 heteroatoms. The molecule has 1 saturated heterocycles. The van der Waals surface area contributed by atoms with E-state index in [2.05, 4.69) is 4.98 Å². The quantitative estimate of drug-likeness (QED) is 0.727. The number of likely N-dealkylation sites (tertiary alicyclic amines) is 1. The first-order valence-corrected chi connectivity index (χ1v) is 9.36. The summed E-state index contributed by atoms with van der Waals surface area (Å²) in [5.41, 5.74) is 1.62. The Kier molecular flexibility index (Phi) is 4.36. The lowest BCUT2D eigenvalue weighted by Gasteiger charge is -2.26. The molecule has 0 unspecified atom stereocenters. The second-order valence-corrected chi connectivity index (χ2v) is 7.36. The molecule has 1 aliphatic rings. The van der Waals surface area contributed by atoms with E-state index in [1.54, 1.807) is 0 Å². The van der Waals surface area contributed by atoms with Gasteiger partial charge in [0.2, 0.25) is 5.91 Å². The van der Waals surface area contributed by atoms with Gasteiger partial charge >= 0.3 is 0 Å². The average Bonchev–Trinajstić information content (AvgIpc) is 3.11. The van der Waals surface area contributed by atoms with E-state index in [0.29, 0.717) is 10.2 Å². The molecule has 4 rings (SSSR count). The van der Waals surface area contributed by atoms with Crippen molar-refractivity contribution in [1.82, 2.24) is 14.5 Å². The maximum Gasteiger partial charge on any atom is 0.271 e. The van der Waals surface area contributed by atoms with Crippen LogP contribution in [0.15, 0.2) is 47.5 Å². The number of benzene rings is 1. The number of nitrogens with zero attached hydrogens (tertiary/aromatic N) is 3. The Bertz CT molecular complexity index is 956. The fourth-order valence-corrected chi connectivity index (χ4v) is 4.26. The molecule has 2 aromatic heterocycles. The molecule has 0 bridgehead atoms. The average molecular weight is 353 g/mol. The minimum Gasteiger partial charge on any atom is -0.341 e. The highest BCUT2D eigenvalue weighted by Gasteiger charge is 2.18. The number of fused-ring (bicyclic) bond motifs is 1. The van der Waals surface area contributed by atoms with Crippen molar-refractivity contribution in [1.29, 1.82) is 0 Å². The molecular weight excluding hydrogens is 334 g/mol. The van der Waals surface area contributed by atoms with Crippen molar-refractivity contribution in [3.8, 4) is 10.4 Å². The zero-order valence-electron chi connectivity index (χ0n) is 13.9. The molecule has 0 radical (unpaired) electrons. The van der Waals surface area contributed by atoms with Crippen molar-refractivity contribution < 1.29 is 4.79 Å². The summed E-state index contributed by atoms with van der Waals surface area (Å²) in [4.78, 5) is 32.4. The molecular formula is C19H19N3O2S. The minimum absolute atomic E-state index is 0.00258. The zero-order valence-corrected chi connectivity index (χ0v) is 14.7. The fraction of sp³-hybridized carbons (Fsp3) is 0.316. The third-order valence-corrected chi connectivity index (χ3v) is 5.74. The van der Waals surface area contributed by atoms with Gasteiger partial charge in [0.05, 0.1) is 11.8 Å². The SMILES string of the molecule is O=C(Cn1cnc2cc(-c3ccccc3)sc2c1=O)N1CCCCC1. The van der Waals surface area contributed by atoms with Crippen LogP contribution in [0.2, 0.25) is 0 Å². The van der Waals surface area contributed by atoms with E-state index in [-0.39, 0.29) is 18.0 Å². The Morgan fingerprint density at radius 3 is 2.64 bits per heavy atom. The Morgan fingerprint density at radius 1 is 1.12 bits per heavy atom. The molecule has 3 heterocycles. The molecule has 0 aliphatic carbocycles. The predicted molar refractivity (Wildman–Crippen MR) is 99.7 cm³/mol. The van der Waals surface area contributed by atoms with Crippen LogP contribution in [0.25, 0.3) is 20.7 Å². The molecule has 1 aliphatic heterocycles. The summed E-state index contributed by atoms with van der Waals surface area (Å²) < 4.78 is 2.04. The zero-order chi connectivity index (χ0) is 17.2. The van der Waals surface area contributed by atoms with E-state index in [9.17, 15) is 9.59 Å². The van der Waals surface area contributed by atoms with Crippen LogP contribution < -0.4 is 5.56 Å². The van der Waals surface area contributed by atoms with Crippen LogP contribution >= 0.6 is 11.3 Å². The van der Waals surface area contributed by atoms with E-state index >= 15 is 0 Å². The Labute approximate surface area is 149 Å². The summed E-state index contributed by atoms with van der Waals surface area (Å²) in [5, 5.41) is 0.